The van der Waals surface area contributed by atoms with Crippen LogP contribution in [0.1, 0.15) is 5.69 Å². The Morgan fingerprint density at radius 2 is 2.25 bits per heavy atom. The van der Waals surface area contributed by atoms with Crippen LogP contribution in [0.5, 0.6) is 0 Å². The second-order valence-corrected chi connectivity index (χ2v) is 4.00. The molecule has 90 valence electrons. The molecule has 1 aromatic rings. The van der Waals surface area contributed by atoms with Crippen LogP contribution in [-0.4, -0.2) is 37.3 Å². The van der Waals surface area contributed by atoms with Gasteiger partial charge in [-0.3, -0.25) is 9.48 Å². The number of aliphatic carboxylic acids is 1. The Hall–Kier alpha value is -1.25. The highest BCUT2D eigenvalue weighted by atomic mass is 32.2. The van der Waals surface area contributed by atoms with Crippen molar-refractivity contribution >= 4 is 17.7 Å². The maximum Gasteiger partial charge on any atom is 0.441 e. The van der Waals surface area contributed by atoms with Crippen molar-refractivity contribution < 1.29 is 23.1 Å². The molecule has 1 N–H and O–H groups in total. The fourth-order valence-corrected chi connectivity index (χ4v) is 1.45. The van der Waals surface area contributed by atoms with Gasteiger partial charge in [-0.25, -0.2) is 0 Å². The van der Waals surface area contributed by atoms with Gasteiger partial charge in [0, 0.05) is 11.9 Å². The van der Waals surface area contributed by atoms with Crippen LogP contribution in [-0.2, 0) is 17.8 Å². The van der Waals surface area contributed by atoms with Crippen molar-refractivity contribution in [1.29, 1.82) is 0 Å². The van der Waals surface area contributed by atoms with Crippen LogP contribution in [0.25, 0.3) is 0 Å². The third-order valence-electron chi connectivity index (χ3n) is 1.50. The second kappa shape index (κ2) is 5.19. The van der Waals surface area contributed by atoms with Crippen LogP contribution in [0.4, 0.5) is 13.2 Å². The summed E-state index contributed by atoms with van der Waals surface area (Å²) in [5, 5.41) is 15.5. The van der Waals surface area contributed by atoms with Gasteiger partial charge >= 0.3 is 11.5 Å². The maximum atomic E-state index is 11.8. The van der Waals surface area contributed by atoms with Crippen LogP contribution >= 0.6 is 11.8 Å². The predicted molar refractivity (Wildman–Crippen MR) is 49.9 cm³/mol. The van der Waals surface area contributed by atoms with E-state index in [0.717, 1.165) is 0 Å². The smallest absolute Gasteiger partial charge is 0.441 e. The summed E-state index contributed by atoms with van der Waals surface area (Å²) < 4.78 is 36.5. The Morgan fingerprint density at radius 3 is 2.81 bits per heavy atom. The third kappa shape index (κ3) is 5.01. The van der Waals surface area contributed by atoms with Gasteiger partial charge in [-0.05, 0) is 11.8 Å². The molecule has 0 radical (unpaired) electrons. The summed E-state index contributed by atoms with van der Waals surface area (Å²) >= 11 is -0.153. The number of nitrogens with zero attached hydrogens (tertiary/aromatic N) is 3. The van der Waals surface area contributed by atoms with E-state index in [2.05, 4.69) is 10.3 Å². The zero-order valence-corrected chi connectivity index (χ0v) is 8.75. The summed E-state index contributed by atoms with van der Waals surface area (Å²) in [7, 11) is 0. The Labute approximate surface area is 92.6 Å². The van der Waals surface area contributed by atoms with Crippen molar-refractivity contribution in [3.63, 3.8) is 0 Å². The van der Waals surface area contributed by atoms with Crippen molar-refractivity contribution in [2.75, 3.05) is 5.75 Å². The number of aromatic nitrogens is 3. The second-order valence-electron chi connectivity index (χ2n) is 2.84. The molecule has 0 unspecified atom stereocenters. The van der Waals surface area contributed by atoms with Crippen molar-refractivity contribution in [1.82, 2.24) is 15.0 Å². The van der Waals surface area contributed by atoms with E-state index in [4.69, 9.17) is 5.11 Å². The van der Waals surface area contributed by atoms with Crippen LogP contribution < -0.4 is 0 Å². The van der Waals surface area contributed by atoms with Gasteiger partial charge in [0.05, 0.1) is 18.7 Å². The Bertz CT molecular complexity index is 366. The highest BCUT2D eigenvalue weighted by molar-refractivity contribution is 8.00. The number of thioether (sulfide) groups is 1. The van der Waals surface area contributed by atoms with E-state index in [9.17, 15) is 18.0 Å². The number of rotatable bonds is 5. The van der Waals surface area contributed by atoms with E-state index in [1.54, 1.807) is 0 Å². The van der Waals surface area contributed by atoms with E-state index in [1.165, 1.54) is 10.9 Å². The van der Waals surface area contributed by atoms with Gasteiger partial charge in [0.2, 0.25) is 0 Å². The summed E-state index contributed by atoms with van der Waals surface area (Å²) in [6, 6.07) is 0. The molecule has 0 aliphatic carbocycles. The van der Waals surface area contributed by atoms with Crippen LogP contribution in [0.2, 0.25) is 0 Å². The zero-order valence-electron chi connectivity index (χ0n) is 7.94. The van der Waals surface area contributed by atoms with Crippen molar-refractivity contribution in [2.45, 2.75) is 18.5 Å². The molecular formula is C7H8F3N3O2S. The molecule has 9 heteroatoms. The van der Waals surface area contributed by atoms with Gasteiger partial charge in [-0.15, -0.1) is 5.10 Å². The predicted octanol–water partition coefficient (Wildman–Crippen LogP) is 1.16. The number of hydrogen-bond donors (Lipinski definition) is 1. The largest absolute Gasteiger partial charge is 0.481 e. The number of carbonyl (C=O) groups is 1. The van der Waals surface area contributed by atoms with Gasteiger partial charge in [-0.2, -0.15) is 13.2 Å². The molecule has 5 nitrogen and oxygen atoms in total. The maximum absolute atomic E-state index is 11.8. The lowest BCUT2D eigenvalue weighted by molar-refractivity contribution is -0.136. The van der Waals surface area contributed by atoms with E-state index in [1.807, 2.05) is 0 Å². The summed E-state index contributed by atoms with van der Waals surface area (Å²) in [6.07, 6.45) is 1.04. The molecule has 1 aromatic heterocycles. The fraction of sp³-hybridized carbons (Fsp3) is 0.571. The summed E-state index contributed by atoms with van der Waals surface area (Å²) in [6.45, 7) is 0.0385. The molecule has 0 bridgehead atoms. The lowest BCUT2D eigenvalue weighted by Gasteiger charge is -2.04. The number of carboxylic acids is 1. The van der Waals surface area contributed by atoms with E-state index >= 15 is 0 Å². The topological polar surface area (TPSA) is 68.0 Å². The quantitative estimate of drug-likeness (QED) is 0.855. The van der Waals surface area contributed by atoms with Crippen molar-refractivity contribution in [3.8, 4) is 0 Å². The molecule has 1 rings (SSSR count). The molecular weight excluding hydrogens is 247 g/mol. The summed E-state index contributed by atoms with van der Waals surface area (Å²) in [5.41, 5.74) is -4.03. The van der Waals surface area contributed by atoms with E-state index in [-0.39, 0.29) is 36.2 Å². The molecule has 0 amide bonds. The van der Waals surface area contributed by atoms with Gasteiger partial charge in [0.1, 0.15) is 0 Å². The Balaban J connectivity index is 2.38. The third-order valence-corrected chi connectivity index (χ3v) is 2.22. The number of alkyl halides is 3. The molecule has 0 aliphatic heterocycles. The van der Waals surface area contributed by atoms with Gasteiger partial charge in [-0.1, -0.05) is 5.21 Å². The summed E-state index contributed by atoms with van der Waals surface area (Å²) in [5.74, 6) is -1.24. The monoisotopic (exact) mass is 255 g/mol. The molecule has 0 saturated heterocycles. The molecule has 0 fully saturated rings. The molecule has 0 aliphatic rings. The number of aryl methyl sites for hydroxylation is 1. The summed E-state index contributed by atoms with van der Waals surface area (Å²) in [4.78, 5) is 10.3. The first-order valence-electron chi connectivity index (χ1n) is 4.18. The molecule has 0 saturated carbocycles. The normalized spacial score (nSPS) is 11.7. The van der Waals surface area contributed by atoms with E-state index < -0.39 is 11.5 Å². The molecule has 0 atom stereocenters. The van der Waals surface area contributed by atoms with Crippen LogP contribution in [0.15, 0.2) is 6.20 Å². The molecule has 16 heavy (non-hydrogen) atoms. The standard InChI is InChI=1S/C7H8F3N3O2S/c8-7(9,10)16-2-1-13-4-5(11-12-13)3-6(14)15/h4H,1-3H2,(H,14,15). The number of halogens is 3. The molecule has 0 aromatic carbocycles. The lowest BCUT2D eigenvalue weighted by Crippen LogP contribution is -2.07. The minimum absolute atomic E-state index is 0.0385. The highest BCUT2D eigenvalue weighted by Gasteiger charge is 2.27. The number of hydrogen-bond acceptors (Lipinski definition) is 4. The number of carboxylic acid groups (broad SMARTS) is 1. The average molecular weight is 255 g/mol. The first kappa shape index (κ1) is 12.8. The minimum Gasteiger partial charge on any atom is -0.481 e. The Kier molecular flexibility index (Phi) is 4.16. The SMILES string of the molecule is O=C(O)Cc1cn(CCSC(F)(F)F)nn1. The Morgan fingerprint density at radius 1 is 1.56 bits per heavy atom. The van der Waals surface area contributed by atoms with Crippen molar-refractivity contribution in [3.05, 3.63) is 11.9 Å². The van der Waals surface area contributed by atoms with E-state index in [0.29, 0.717) is 0 Å². The van der Waals surface area contributed by atoms with Gasteiger partial charge in [0.25, 0.3) is 0 Å². The van der Waals surface area contributed by atoms with Gasteiger partial charge < -0.3 is 5.11 Å². The minimum atomic E-state index is -4.26. The molecule has 0 spiro atoms. The first-order chi connectivity index (χ1) is 7.37. The first-order valence-corrected chi connectivity index (χ1v) is 5.17. The molecule has 1 heterocycles. The van der Waals surface area contributed by atoms with Crippen LogP contribution in [0, 0.1) is 0 Å². The highest BCUT2D eigenvalue weighted by Crippen LogP contribution is 2.29. The van der Waals surface area contributed by atoms with Crippen molar-refractivity contribution in [2.24, 2.45) is 0 Å². The van der Waals surface area contributed by atoms with Gasteiger partial charge in [0.15, 0.2) is 0 Å². The fourth-order valence-electron chi connectivity index (χ4n) is 0.939. The zero-order chi connectivity index (χ0) is 12.2. The van der Waals surface area contributed by atoms with Crippen LogP contribution in [0.3, 0.4) is 0 Å². The lowest BCUT2D eigenvalue weighted by atomic mass is 10.3. The average Bonchev–Trinajstić information content (AvgIpc) is 2.49.